The van der Waals surface area contributed by atoms with E-state index in [0.717, 1.165) is 17.1 Å². The Morgan fingerprint density at radius 3 is 2.55 bits per heavy atom. The minimum atomic E-state index is -0.374. The first-order chi connectivity index (χ1) is 10.5. The fraction of sp³-hybridized carbons (Fsp3) is 0.312. The topological polar surface area (TPSA) is 55.2 Å². The normalized spacial score (nSPS) is 18.0. The van der Waals surface area contributed by atoms with Crippen LogP contribution in [0.15, 0.2) is 30.3 Å². The van der Waals surface area contributed by atoms with E-state index in [2.05, 4.69) is 5.10 Å². The molecular weight excluding hydrogens is 302 g/mol. The van der Waals surface area contributed by atoms with Crippen LogP contribution in [-0.4, -0.2) is 28.1 Å². The molecule has 1 aromatic carbocycles. The van der Waals surface area contributed by atoms with E-state index in [1.165, 1.54) is 4.68 Å². The number of hydrogen-bond acceptors (Lipinski definition) is 3. The zero-order valence-electron chi connectivity index (χ0n) is 12.4. The molecule has 1 amide bonds. The van der Waals surface area contributed by atoms with Gasteiger partial charge in [0.15, 0.2) is 0 Å². The van der Waals surface area contributed by atoms with E-state index in [1.807, 2.05) is 19.9 Å². The van der Waals surface area contributed by atoms with Gasteiger partial charge in [0, 0.05) is 29.4 Å². The molecule has 1 atom stereocenters. The maximum absolute atomic E-state index is 12.6. The van der Waals surface area contributed by atoms with E-state index in [4.69, 9.17) is 11.6 Å². The molecule has 0 saturated carbocycles. The van der Waals surface area contributed by atoms with Crippen molar-refractivity contribution in [1.82, 2.24) is 9.78 Å². The van der Waals surface area contributed by atoms with E-state index in [-0.39, 0.29) is 24.2 Å². The smallest absolute Gasteiger partial charge is 0.252 e. The predicted octanol–water partition coefficient (Wildman–Crippen LogP) is 2.85. The van der Waals surface area contributed by atoms with Gasteiger partial charge in [-0.1, -0.05) is 11.6 Å². The number of aryl methyl sites for hydroxylation is 2. The molecule has 5 nitrogen and oxygen atoms in total. The summed E-state index contributed by atoms with van der Waals surface area (Å²) in [4.78, 5) is 26.4. The van der Waals surface area contributed by atoms with Crippen LogP contribution in [0.25, 0.3) is 0 Å². The van der Waals surface area contributed by atoms with Crippen LogP contribution >= 0.6 is 11.6 Å². The number of nitrogens with zero attached hydrogens (tertiary/aromatic N) is 3. The highest BCUT2D eigenvalue weighted by molar-refractivity contribution is 6.30. The second-order valence-corrected chi connectivity index (χ2v) is 6.00. The summed E-state index contributed by atoms with van der Waals surface area (Å²) in [7, 11) is 0. The van der Waals surface area contributed by atoms with Crippen molar-refractivity contribution in [3.8, 4) is 0 Å². The Balaban J connectivity index is 1.81. The molecule has 114 valence electrons. The average molecular weight is 318 g/mol. The summed E-state index contributed by atoms with van der Waals surface area (Å²) < 4.78 is 1.40. The van der Waals surface area contributed by atoms with Crippen molar-refractivity contribution in [3.05, 3.63) is 46.7 Å². The van der Waals surface area contributed by atoms with Gasteiger partial charge in [0.25, 0.3) is 5.91 Å². The zero-order valence-corrected chi connectivity index (χ0v) is 13.2. The number of rotatable bonds is 2. The van der Waals surface area contributed by atoms with E-state index < -0.39 is 0 Å². The van der Waals surface area contributed by atoms with E-state index in [1.54, 1.807) is 29.2 Å². The second kappa shape index (κ2) is 5.57. The molecule has 0 unspecified atom stereocenters. The Hall–Kier alpha value is -2.14. The molecular formula is C16H16ClN3O2. The van der Waals surface area contributed by atoms with Crippen molar-refractivity contribution in [2.24, 2.45) is 5.92 Å². The van der Waals surface area contributed by atoms with Gasteiger partial charge in [-0.3, -0.25) is 9.59 Å². The predicted molar refractivity (Wildman–Crippen MR) is 84.2 cm³/mol. The Morgan fingerprint density at radius 2 is 1.95 bits per heavy atom. The quantitative estimate of drug-likeness (QED) is 0.856. The van der Waals surface area contributed by atoms with Gasteiger partial charge in [0.05, 0.1) is 11.6 Å². The lowest BCUT2D eigenvalue weighted by Crippen LogP contribution is -2.28. The van der Waals surface area contributed by atoms with E-state index in [0.29, 0.717) is 11.6 Å². The number of anilines is 1. The van der Waals surface area contributed by atoms with Crippen LogP contribution < -0.4 is 4.90 Å². The average Bonchev–Trinajstić information content (AvgIpc) is 3.02. The molecule has 22 heavy (non-hydrogen) atoms. The third-order valence-electron chi connectivity index (χ3n) is 3.83. The lowest BCUT2D eigenvalue weighted by atomic mass is 10.1. The van der Waals surface area contributed by atoms with Gasteiger partial charge in [0.1, 0.15) is 0 Å². The van der Waals surface area contributed by atoms with Gasteiger partial charge in [-0.25, -0.2) is 4.68 Å². The minimum Gasteiger partial charge on any atom is -0.312 e. The van der Waals surface area contributed by atoms with Gasteiger partial charge < -0.3 is 4.90 Å². The first kappa shape index (κ1) is 14.8. The molecule has 1 aliphatic heterocycles. The summed E-state index contributed by atoms with van der Waals surface area (Å²) in [5, 5.41) is 4.83. The SMILES string of the molecule is Cc1cc(C)n(C(=O)[C@@H]2CC(=O)N(c3ccc(Cl)cc3)C2)n1. The maximum atomic E-state index is 12.6. The Morgan fingerprint density at radius 1 is 1.27 bits per heavy atom. The zero-order chi connectivity index (χ0) is 15.9. The monoisotopic (exact) mass is 317 g/mol. The molecule has 1 fully saturated rings. The molecule has 2 aromatic rings. The number of benzene rings is 1. The molecule has 0 spiro atoms. The number of halogens is 1. The maximum Gasteiger partial charge on any atom is 0.252 e. The third-order valence-corrected chi connectivity index (χ3v) is 4.08. The highest BCUT2D eigenvalue weighted by Crippen LogP contribution is 2.27. The van der Waals surface area contributed by atoms with Crippen molar-refractivity contribution in [1.29, 1.82) is 0 Å². The first-order valence-electron chi connectivity index (χ1n) is 7.09. The van der Waals surface area contributed by atoms with Gasteiger partial charge in [-0.05, 0) is 44.2 Å². The molecule has 0 radical (unpaired) electrons. The van der Waals surface area contributed by atoms with Crippen molar-refractivity contribution < 1.29 is 9.59 Å². The molecule has 3 rings (SSSR count). The number of carbonyl (C=O) groups excluding carboxylic acids is 2. The van der Waals surface area contributed by atoms with Crippen molar-refractivity contribution in [2.75, 3.05) is 11.4 Å². The van der Waals surface area contributed by atoms with E-state index >= 15 is 0 Å². The second-order valence-electron chi connectivity index (χ2n) is 5.56. The van der Waals surface area contributed by atoms with Gasteiger partial charge in [-0.2, -0.15) is 5.10 Å². The molecule has 0 bridgehead atoms. The lowest BCUT2D eigenvalue weighted by Gasteiger charge is -2.16. The Bertz CT molecular complexity index is 736. The summed E-state index contributed by atoms with van der Waals surface area (Å²) >= 11 is 5.86. The van der Waals surface area contributed by atoms with Crippen molar-refractivity contribution in [3.63, 3.8) is 0 Å². The molecule has 2 heterocycles. The van der Waals surface area contributed by atoms with Crippen molar-refractivity contribution >= 4 is 29.1 Å². The highest BCUT2D eigenvalue weighted by atomic mass is 35.5. The van der Waals surface area contributed by atoms with Crippen LogP contribution in [0.2, 0.25) is 5.02 Å². The van der Waals surface area contributed by atoms with Crippen LogP contribution in [0.3, 0.4) is 0 Å². The Labute approximate surface area is 133 Å². The third kappa shape index (κ3) is 2.64. The summed E-state index contributed by atoms with van der Waals surface area (Å²) in [6.45, 7) is 4.06. The van der Waals surface area contributed by atoms with Gasteiger partial charge in [0.2, 0.25) is 5.91 Å². The molecule has 6 heteroatoms. The van der Waals surface area contributed by atoms with Crippen LogP contribution in [0.1, 0.15) is 22.6 Å². The highest BCUT2D eigenvalue weighted by Gasteiger charge is 2.36. The van der Waals surface area contributed by atoms with Crippen LogP contribution in [-0.2, 0) is 4.79 Å². The molecule has 0 N–H and O–H groups in total. The van der Waals surface area contributed by atoms with Crippen LogP contribution in [0.4, 0.5) is 5.69 Å². The molecule has 1 aromatic heterocycles. The van der Waals surface area contributed by atoms with Gasteiger partial charge >= 0.3 is 0 Å². The first-order valence-corrected chi connectivity index (χ1v) is 7.47. The number of aromatic nitrogens is 2. The Kier molecular flexibility index (Phi) is 3.74. The molecule has 0 aliphatic carbocycles. The van der Waals surface area contributed by atoms with Crippen LogP contribution in [0.5, 0.6) is 0 Å². The molecule has 1 saturated heterocycles. The standard InChI is InChI=1S/C16H16ClN3O2/c1-10-7-11(2)20(18-10)16(22)12-8-15(21)19(9-12)14-5-3-13(17)4-6-14/h3-7,12H,8-9H2,1-2H3/t12-/m1/s1. The number of carbonyl (C=O) groups is 2. The van der Waals surface area contributed by atoms with Gasteiger partial charge in [-0.15, -0.1) is 0 Å². The lowest BCUT2D eigenvalue weighted by molar-refractivity contribution is -0.117. The van der Waals surface area contributed by atoms with Crippen molar-refractivity contribution in [2.45, 2.75) is 20.3 Å². The van der Waals surface area contributed by atoms with Crippen LogP contribution in [0, 0.1) is 19.8 Å². The summed E-state index contributed by atoms with van der Waals surface area (Å²) in [6, 6.07) is 8.90. The largest absolute Gasteiger partial charge is 0.312 e. The summed E-state index contributed by atoms with van der Waals surface area (Å²) in [5.74, 6) is -0.557. The minimum absolute atomic E-state index is 0.0535. The van der Waals surface area contributed by atoms with E-state index in [9.17, 15) is 9.59 Å². The number of hydrogen-bond donors (Lipinski definition) is 0. The number of amides is 1. The summed E-state index contributed by atoms with van der Waals surface area (Å²) in [6.07, 6.45) is 0.208. The fourth-order valence-corrected chi connectivity index (χ4v) is 2.89. The fourth-order valence-electron chi connectivity index (χ4n) is 2.77. The summed E-state index contributed by atoms with van der Waals surface area (Å²) in [5.41, 5.74) is 2.35. The molecule has 1 aliphatic rings.